The Hall–Kier alpha value is -2.95. The maximum absolute atomic E-state index is 12.7. The van der Waals surface area contributed by atoms with Crippen molar-refractivity contribution in [3.63, 3.8) is 0 Å². The second kappa shape index (κ2) is 12.1. The van der Waals surface area contributed by atoms with Crippen LogP contribution in [0.5, 0.6) is 0 Å². The Balaban J connectivity index is 1.57. The molecule has 35 heavy (non-hydrogen) atoms. The molecule has 3 atom stereocenters. The average Bonchev–Trinajstić information content (AvgIpc) is 2.83. The van der Waals surface area contributed by atoms with E-state index in [1.54, 1.807) is 12.1 Å². The molecule has 0 spiro atoms. The maximum atomic E-state index is 12.7. The van der Waals surface area contributed by atoms with E-state index in [1.165, 1.54) is 0 Å². The number of hydrogen-bond donors (Lipinski definition) is 2. The number of amides is 1. The van der Waals surface area contributed by atoms with Gasteiger partial charge in [0.2, 0.25) is 15.9 Å². The standard InChI is InChI=1S/C28H35N3O3S/c1-20(2)27-14-25(15-28(32)30-17-23-11-9-22(16-29)10-12-23)21(3)13-26(27)18-31-35(33,34)19-24-7-5-4-6-8-24/h4-13,20,25-27,31H,14-15,17-19H2,1-3H3,(H,30,32)/t25-,26-,27-/m0/s1. The lowest BCUT2D eigenvalue weighted by molar-refractivity contribution is -0.122. The predicted octanol–water partition coefficient (Wildman–Crippen LogP) is 4.54. The zero-order chi connectivity index (χ0) is 25.4. The minimum Gasteiger partial charge on any atom is -0.352 e. The normalized spacial score (nSPS) is 20.2. The lowest BCUT2D eigenvalue weighted by atomic mass is 9.70. The van der Waals surface area contributed by atoms with Crippen LogP contribution in [0.15, 0.2) is 66.2 Å². The van der Waals surface area contributed by atoms with Gasteiger partial charge in [-0.15, -0.1) is 0 Å². The molecule has 0 aliphatic heterocycles. The van der Waals surface area contributed by atoms with Crippen LogP contribution in [-0.2, 0) is 27.1 Å². The molecule has 0 saturated carbocycles. The summed E-state index contributed by atoms with van der Waals surface area (Å²) in [5, 5.41) is 11.9. The van der Waals surface area contributed by atoms with Crippen molar-refractivity contribution in [2.45, 2.75) is 45.9 Å². The third-order valence-corrected chi connectivity index (χ3v) is 8.15. The summed E-state index contributed by atoms with van der Waals surface area (Å²) in [5.74, 6) is 0.856. The fourth-order valence-corrected chi connectivity index (χ4v) is 5.95. The van der Waals surface area contributed by atoms with Crippen LogP contribution in [-0.4, -0.2) is 20.9 Å². The smallest absolute Gasteiger partial charge is 0.220 e. The molecule has 2 N–H and O–H groups in total. The molecular weight excluding hydrogens is 458 g/mol. The fraction of sp³-hybridized carbons (Fsp3) is 0.429. The van der Waals surface area contributed by atoms with Crippen molar-refractivity contribution in [1.29, 1.82) is 5.26 Å². The van der Waals surface area contributed by atoms with Crippen molar-refractivity contribution in [1.82, 2.24) is 10.0 Å². The summed E-state index contributed by atoms with van der Waals surface area (Å²) >= 11 is 0. The fourth-order valence-electron chi connectivity index (χ4n) is 4.77. The van der Waals surface area contributed by atoms with Gasteiger partial charge in [0.05, 0.1) is 17.4 Å². The largest absolute Gasteiger partial charge is 0.352 e. The molecule has 1 amide bonds. The molecule has 2 aromatic rings. The quantitative estimate of drug-likeness (QED) is 0.475. The highest BCUT2D eigenvalue weighted by Crippen LogP contribution is 2.38. The first-order valence-electron chi connectivity index (χ1n) is 12.1. The van der Waals surface area contributed by atoms with E-state index in [0.29, 0.717) is 31.0 Å². The van der Waals surface area contributed by atoms with E-state index in [4.69, 9.17) is 5.26 Å². The van der Waals surface area contributed by atoms with Crippen LogP contribution in [0, 0.1) is 35.0 Å². The van der Waals surface area contributed by atoms with E-state index < -0.39 is 10.0 Å². The van der Waals surface area contributed by atoms with E-state index in [2.05, 4.69) is 36.0 Å². The summed E-state index contributed by atoms with van der Waals surface area (Å²) < 4.78 is 28.1. The minimum absolute atomic E-state index is 0.00312. The first-order chi connectivity index (χ1) is 16.7. The molecule has 0 heterocycles. The Morgan fingerprint density at radius 3 is 2.40 bits per heavy atom. The summed E-state index contributed by atoms with van der Waals surface area (Å²) in [4.78, 5) is 12.7. The summed E-state index contributed by atoms with van der Waals surface area (Å²) in [6.45, 7) is 7.16. The first kappa shape index (κ1) is 26.7. The number of sulfonamides is 1. The van der Waals surface area contributed by atoms with Crippen LogP contribution in [0.3, 0.4) is 0 Å². The van der Waals surface area contributed by atoms with Crippen molar-refractivity contribution < 1.29 is 13.2 Å². The van der Waals surface area contributed by atoms with E-state index >= 15 is 0 Å². The number of carbonyl (C=O) groups excluding carboxylic acids is 1. The highest BCUT2D eigenvalue weighted by Gasteiger charge is 2.33. The summed E-state index contributed by atoms with van der Waals surface area (Å²) in [6, 6.07) is 18.5. The average molecular weight is 494 g/mol. The number of hydrogen-bond acceptors (Lipinski definition) is 4. The number of nitriles is 1. The van der Waals surface area contributed by atoms with Gasteiger partial charge in [0.15, 0.2) is 0 Å². The van der Waals surface area contributed by atoms with Crippen LogP contribution in [0.25, 0.3) is 0 Å². The molecule has 0 unspecified atom stereocenters. The van der Waals surface area contributed by atoms with Gasteiger partial charge in [0.25, 0.3) is 0 Å². The van der Waals surface area contributed by atoms with Gasteiger partial charge in [-0.2, -0.15) is 5.26 Å². The number of carbonyl (C=O) groups is 1. The van der Waals surface area contributed by atoms with Crippen LogP contribution in [0.2, 0.25) is 0 Å². The zero-order valence-corrected chi connectivity index (χ0v) is 21.5. The van der Waals surface area contributed by atoms with E-state index in [9.17, 15) is 13.2 Å². The van der Waals surface area contributed by atoms with Crippen LogP contribution in [0.4, 0.5) is 0 Å². The second-order valence-electron chi connectivity index (χ2n) is 9.80. The van der Waals surface area contributed by atoms with Crippen LogP contribution in [0.1, 0.15) is 50.3 Å². The molecule has 0 saturated heterocycles. The summed E-state index contributed by atoms with van der Waals surface area (Å²) in [6.07, 6.45) is 3.43. The van der Waals surface area contributed by atoms with Gasteiger partial charge < -0.3 is 5.32 Å². The summed E-state index contributed by atoms with van der Waals surface area (Å²) in [7, 11) is -3.43. The predicted molar refractivity (Wildman–Crippen MR) is 138 cm³/mol. The van der Waals surface area contributed by atoms with Gasteiger partial charge in [-0.3, -0.25) is 4.79 Å². The van der Waals surface area contributed by atoms with Gasteiger partial charge in [-0.25, -0.2) is 13.1 Å². The topological polar surface area (TPSA) is 99.1 Å². The molecule has 0 aromatic heterocycles. The lowest BCUT2D eigenvalue weighted by Gasteiger charge is -2.37. The van der Waals surface area contributed by atoms with Crippen molar-refractivity contribution in [2.24, 2.45) is 23.7 Å². The number of nitrogens with zero attached hydrogens (tertiary/aromatic N) is 1. The zero-order valence-electron chi connectivity index (χ0n) is 20.7. The summed E-state index contributed by atoms with van der Waals surface area (Å²) in [5.41, 5.74) is 3.46. The van der Waals surface area contributed by atoms with Crippen molar-refractivity contribution in [3.8, 4) is 6.07 Å². The number of nitrogens with one attached hydrogen (secondary N) is 2. The highest BCUT2D eigenvalue weighted by molar-refractivity contribution is 7.88. The van der Waals surface area contributed by atoms with Crippen LogP contribution < -0.4 is 10.0 Å². The minimum atomic E-state index is -3.43. The Morgan fingerprint density at radius 1 is 1.09 bits per heavy atom. The monoisotopic (exact) mass is 493 g/mol. The van der Waals surface area contributed by atoms with E-state index in [1.807, 2.05) is 49.4 Å². The number of rotatable bonds is 10. The maximum Gasteiger partial charge on any atom is 0.220 e. The van der Waals surface area contributed by atoms with Gasteiger partial charge in [0.1, 0.15) is 0 Å². The molecule has 6 nitrogen and oxygen atoms in total. The third kappa shape index (κ3) is 8.05. The Bertz CT molecular complexity index is 1170. The third-order valence-electron chi connectivity index (χ3n) is 6.83. The van der Waals surface area contributed by atoms with Crippen LogP contribution >= 0.6 is 0 Å². The Labute approximate surface area is 209 Å². The second-order valence-corrected chi connectivity index (χ2v) is 11.6. The van der Waals surface area contributed by atoms with Crippen molar-refractivity contribution in [2.75, 3.05) is 6.54 Å². The first-order valence-corrected chi connectivity index (χ1v) is 13.8. The van der Waals surface area contributed by atoms with E-state index in [-0.39, 0.29) is 29.4 Å². The Morgan fingerprint density at radius 2 is 1.77 bits per heavy atom. The molecule has 3 rings (SSSR count). The molecule has 1 aliphatic carbocycles. The molecule has 0 fully saturated rings. The molecular formula is C28H35N3O3S. The molecule has 0 bridgehead atoms. The number of allylic oxidation sites excluding steroid dienone is 1. The van der Waals surface area contributed by atoms with Gasteiger partial charge in [-0.1, -0.05) is 68.0 Å². The lowest BCUT2D eigenvalue weighted by Crippen LogP contribution is -2.38. The number of benzene rings is 2. The SMILES string of the molecule is CC1=C[C@@H](CNS(=O)(=O)Cc2ccccc2)[C@H](C(C)C)C[C@H]1CC(=O)NCc1ccc(C#N)cc1. The molecule has 7 heteroatoms. The molecule has 1 aliphatic rings. The molecule has 186 valence electrons. The molecule has 0 radical (unpaired) electrons. The van der Waals surface area contributed by atoms with Crippen molar-refractivity contribution in [3.05, 3.63) is 82.9 Å². The van der Waals surface area contributed by atoms with Crippen molar-refractivity contribution >= 4 is 15.9 Å². The van der Waals surface area contributed by atoms with Gasteiger partial charge in [0, 0.05) is 19.5 Å². The Kier molecular flexibility index (Phi) is 9.25. The van der Waals surface area contributed by atoms with E-state index in [0.717, 1.165) is 23.1 Å². The van der Waals surface area contributed by atoms with Gasteiger partial charge >= 0.3 is 0 Å². The van der Waals surface area contributed by atoms with Gasteiger partial charge in [-0.05, 0) is 60.3 Å². The molecule has 2 aromatic carbocycles. The highest BCUT2D eigenvalue weighted by atomic mass is 32.2.